The second-order valence-corrected chi connectivity index (χ2v) is 8.67. The third kappa shape index (κ3) is 4.13. The molecule has 4 heterocycles. The van der Waals surface area contributed by atoms with Crippen LogP contribution in [0, 0.1) is 0 Å². The van der Waals surface area contributed by atoms with Crippen molar-refractivity contribution in [1.29, 1.82) is 0 Å². The molecule has 5 rings (SSSR count). The Bertz CT molecular complexity index is 1290. The van der Waals surface area contributed by atoms with Crippen LogP contribution in [0.1, 0.15) is 41.4 Å². The van der Waals surface area contributed by atoms with Crippen LogP contribution in [0.5, 0.6) is 0 Å². The first-order valence-corrected chi connectivity index (χ1v) is 11.3. The van der Waals surface area contributed by atoms with Crippen molar-refractivity contribution in [1.82, 2.24) is 29.7 Å². The van der Waals surface area contributed by atoms with Gasteiger partial charge in [-0.2, -0.15) is 0 Å². The van der Waals surface area contributed by atoms with E-state index in [1.807, 2.05) is 12.1 Å². The van der Waals surface area contributed by atoms with Gasteiger partial charge in [0, 0.05) is 52.0 Å². The molecule has 2 aliphatic rings. The fourth-order valence-corrected chi connectivity index (χ4v) is 4.48. The average molecular weight is 450 g/mol. The number of aromatic amines is 1. The quantitative estimate of drug-likeness (QED) is 0.594. The fourth-order valence-electron chi connectivity index (χ4n) is 4.48. The molecule has 0 radical (unpaired) electrons. The molecule has 2 N–H and O–H groups in total. The van der Waals surface area contributed by atoms with Crippen molar-refractivity contribution in [2.75, 3.05) is 38.1 Å². The highest BCUT2D eigenvalue weighted by atomic mass is 16.2. The zero-order chi connectivity index (χ0) is 22.9. The molecule has 10 nitrogen and oxygen atoms in total. The maximum atomic E-state index is 12.8. The lowest BCUT2D eigenvalue weighted by atomic mass is 9.93. The number of hydrogen-bond donors (Lipinski definition) is 2. The zero-order valence-electron chi connectivity index (χ0n) is 18.6. The molecular weight excluding hydrogens is 422 g/mol. The third-order valence-electron chi connectivity index (χ3n) is 6.62. The number of fused-ring (bicyclic) bond motifs is 1. The van der Waals surface area contributed by atoms with Gasteiger partial charge in [-0.3, -0.25) is 19.1 Å². The van der Waals surface area contributed by atoms with Crippen LogP contribution in [-0.4, -0.2) is 63.6 Å². The lowest BCUT2D eigenvalue weighted by molar-refractivity contribution is 0.0958. The Kier molecular flexibility index (Phi) is 5.67. The molecule has 0 bridgehead atoms. The van der Waals surface area contributed by atoms with Crippen LogP contribution in [-0.2, 0) is 6.54 Å². The van der Waals surface area contributed by atoms with E-state index in [2.05, 4.69) is 30.1 Å². The molecule has 1 amide bonds. The van der Waals surface area contributed by atoms with E-state index in [4.69, 9.17) is 0 Å². The summed E-state index contributed by atoms with van der Waals surface area (Å²) in [4.78, 5) is 53.0. The lowest BCUT2D eigenvalue weighted by Crippen LogP contribution is -2.46. The van der Waals surface area contributed by atoms with Crippen LogP contribution in [0.15, 0.2) is 40.2 Å². The highest BCUT2D eigenvalue weighted by Gasteiger charge is 2.24. The molecule has 3 aromatic heterocycles. The normalized spacial score (nSPS) is 17.2. The van der Waals surface area contributed by atoms with Crippen molar-refractivity contribution in [3.05, 3.63) is 62.7 Å². The summed E-state index contributed by atoms with van der Waals surface area (Å²) in [5.41, 5.74) is 2.54. The highest BCUT2D eigenvalue weighted by molar-refractivity contribution is 5.92. The minimum absolute atomic E-state index is 0.00127. The van der Waals surface area contributed by atoms with Crippen molar-refractivity contribution < 1.29 is 4.79 Å². The van der Waals surface area contributed by atoms with Gasteiger partial charge in [0.1, 0.15) is 5.69 Å². The van der Waals surface area contributed by atoms with Crippen LogP contribution in [0.2, 0.25) is 0 Å². The number of piperazine rings is 1. The SMILES string of the molecule is CNC(=O)c1ccc(N2CCN(Cc3cnc4c(=O)n(C5CCC5)c(=O)[nH]c4c3)CC2)cn1. The number of nitrogens with zero attached hydrogens (tertiary/aromatic N) is 5. The topological polar surface area (TPSA) is 116 Å². The molecule has 10 heteroatoms. The number of rotatable bonds is 5. The summed E-state index contributed by atoms with van der Waals surface area (Å²) in [6.45, 7) is 4.08. The zero-order valence-corrected chi connectivity index (χ0v) is 18.6. The molecule has 1 aliphatic heterocycles. The lowest BCUT2D eigenvalue weighted by Gasteiger charge is -2.36. The first-order valence-electron chi connectivity index (χ1n) is 11.3. The molecule has 2 fully saturated rings. The van der Waals surface area contributed by atoms with Crippen molar-refractivity contribution in [2.45, 2.75) is 31.8 Å². The molecule has 172 valence electrons. The third-order valence-corrected chi connectivity index (χ3v) is 6.62. The average Bonchev–Trinajstić information content (AvgIpc) is 2.80. The van der Waals surface area contributed by atoms with E-state index < -0.39 is 0 Å². The Hall–Kier alpha value is -3.53. The molecule has 0 aromatic carbocycles. The first kappa shape index (κ1) is 21.3. The van der Waals surface area contributed by atoms with Crippen LogP contribution in [0.3, 0.4) is 0 Å². The van der Waals surface area contributed by atoms with E-state index in [0.717, 1.165) is 56.7 Å². The van der Waals surface area contributed by atoms with Crippen LogP contribution in [0.4, 0.5) is 5.69 Å². The van der Waals surface area contributed by atoms with E-state index >= 15 is 0 Å². The monoisotopic (exact) mass is 449 g/mol. The number of anilines is 1. The summed E-state index contributed by atoms with van der Waals surface area (Å²) in [6, 6.07) is 5.52. The Morgan fingerprint density at radius 3 is 2.55 bits per heavy atom. The van der Waals surface area contributed by atoms with Crippen LogP contribution in [0.25, 0.3) is 11.0 Å². The maximum absolute atomic E-state index is 12.8. The summed E-state index contributed by atoms with van der Waals surface area (Å²) in [5, 5.41) is 2.57. The predicted molar refractivity (Wildman–Crippen MR) is 125 cm³/mol. The van der Waals surface area contributed by atoms with Crippen molar-refractivity contribution in [3.63, 3.8) is 0 Å². The van der Waals surface area contributed by atoms with E-state index in [1.54, 1.807) is 25.5 Å². The van der Waals surface area contributed by atoms with Crippen molar-refractivity contribution >= 4 is 22.6 Å². The van der Waals surface area contributed by atoms with E-state index in [0.29, 0.717) is 23.3 Å². The second-order valence-electron chi connectivity index (χ2n) is 8.67. The van der Waals surface area contributed by atoms with Crippen molar-refractivity contribution in [2.24, 2.45) is 0 Å². The summed E-state index contributed by atoms with van der Waals surface area (Å²) < 4.78 is 1.33. The summed E-state index contributed by atoms with van der Waals surface area (Å²) >= 11 is 0. The van der Waals surface area contributed by atoms with Gasteiger partial charge in [0.05, 0.1) is 17.4 Å². The predicted octanol–water partition coefficient (Wildman–Crippen LogP) is 0.887. The number of amides is 1. The first-order chi connectivity index (χ1) is 16.0. The number of hydrogen-bond acceptors (Lipinski definition) is 7. The van der Waals surface area contributed by atoms with Crippen LogP contribution < -0.4 is 21.5 Å². The molecule has 33 heavy (non-hydrogen) atoms. The molecule has 1 saturated carbocycles. The molecule has 3 aromatic rings. The molecular formula is C23H27N7O3. The molecule has 0 unspecified atom stereocenters. The molecule has 0 atom stereocenters. The Balaban J connectivity index is 1.25. The minimum atomic E-state index is -0.346. The largest absolute Gasteiger partial charge is 0.368 e. The van der Waals surface area contributed by atoms with Crippen molar-refractivity contribution in [3.8, 4) is 0 Å². The molecule has 1 saturated heterocycles. The van der Waals surface area contributed by atoms with Gasteiger partial charge in [0.25, 0.3) is 11.5 Å². The van der Waals surface area contributed by atoms with Gasteiger partial charge in [-0.15, -0.1) is 0 Å². The number of nitrogens with one attached hydrogen (secondary N) is 2. The van der Waals surface area contributed by atoms with Gasteiger partial charge in [-0.1, -0.05) is 0 Å². The summed E-state index contributed by atoms with van der Waals surface area (Å²) in [7, 11) is 1.59. The Labute approximate surface area is 190 Å². The molecule has 1 aliphatic carbocycles. The fraction of sp³-hybridized carbons (Fsp3) is 0.435. The Morgan fingerprint density at radius 2 is 1.91 bits per heavy atom. The van der Waals surface area contributed by atoms with Gasteiger partial charge >= 0.3 is 5.69 Å². The highest BCUT2D eigenvalue weighted by Crippen LogP contribution is 2.29. The maximum Gasteiger partial charge on any atom is 0.329 e. The van der Waals surface area contributed by atoms with Gasteiger partial charge < -0.3 is 15.2 Å². The number of H-pyrrole nitrogens is 1. The number of pyridine rings is 2. The van der Waals surface area contributed by atoms with E-state index in [1.165, 1.54) is 4.57 Å². The second kappa shape index (κ2) is 8.78. The standard InChI is InChI=1S/C23H27N7O3/c1-24-21(31)18-6-5-17(13-25-18)29-9-7-28(8-10-29)14-15-11-19-20(26-12-15)22(32)30(23(33)27-19)16-3-2-4-16/h5-6,11-13,16H,2-4,7-10,14H2,1H3,(H,24,31)(H,27,33). The molecule has 0 spiro atoms. The summed E-state index contributed by atoms with van der Waals surface area (Å²) in [6.07, 6.45) is 6.26. The Morgan fingerprint density at radius 1 is 1.12 bits per heavy atom. The van der Waals surface area contributed by atoms with E-state index in [9.17, 15) is 14.4 Å². The van der Waals surface area contributed by atoms with Gasteiger partial charge in [0.2, 0.25) is 0 Å². The number of aromatic nitrogens is 4. The minimum Gasteiger partial charge on any atom is -0.368 e. The van der Waals surface area contributed by atoms with Crippen LogP contribution >= 0.6 is 0 Å². The van der Waals surface area contributed by atoms with Gasteiger partial charge in [-0.25, -0.2) is 14.8 Å². The number of carbonyl (C=O) groups is 1. The van der Waals surface area contributed by atoms with Gasteiger partial charge in [-0.05, 0) is 43.0 Å². The smallest absolute Gasteiger partial charge is 0.329 e. The summed E-state index contributed by atoms with van der Waals surface area (Å²) in [5.74, 6) is -0.196. The van der Waals surface area contributed by atoms with Gasteiger partial charge in [0.15, 0.2) is 5.52 Å². The van der Waals surface area contributed by atoms with E-state index in [-0.39, 0.29) is 23.2 Å². The number of carbonyl (C=O) groups excluding carboxylic acids is 1.